The van der Waals surface area contributed by atoms with E-state index in [-0.39, 0.29) is 37.7 Å². The average molecular weight is 530 g/mol. The smallest absolute Gasteiger partial charge is 0.508 e. The van der Waals surface area contributed by atoms with Crippen molar-refractivity contribution in [1.82, 2.24) is 0 Å². The van der Waals surface area contributed by atoms with Gasteiger partial charge in [0, 0.05) is 12.1 Å². The first-order valence-corrected chi connectivity index (χ1v) is 10.3. The molecule has 4 rings (SSSR count). The Morgan fingerprint density at radius 3 is 1.06 bits per heavy atom. The van der Waals surface area contributed by atoms with Crippen molar-refractivity contribution in [2.75, 3.05) is 0 Å². The summed E-state index contributed by atoms with van der Waals surface area (Å²) in [4.78, 5) is 0. The van der Waals surface area contributed by atoms with Crippen molar-refractivity contribution in [2.45, 2.75) is 41.5 Å². The summed E-state index contributed by atoms with van der Waals surface area (Å²) in [6.07, 6.45) is 0. The predicted molar refractivity (Wildman–Crippen MR) is 129 cm³/mol. The summed E-state index contributed by atoms with van der Waals surface area (Å²) >= 11 is 0. The van der Waals surface area contributed by atoms with Crippen molar-refractivity contribution >= 4 is 0 Å². The summed E-state index contributed by atoms with van der Waals surface area (Å²) in [5.74, 6) is -0.898. The number of halogens is 2. The van der Waals surface area contributed by atoms with E-state index >= 15 is 0 Å². The van der Waals surface area contributed by atoms with Gasteiger partial charge in [0.25, 0.3) is 0 Å². The van der Waals surface area contributed by atoms with Gasteiger partial charge in [0.1, 0.15) is 23.1 Å². The fraction of sp³-hybridized carbons (Fsp3) is 0.214. The van der Waals surface area contributed by atoms with Gasteiger partial charge in [-0.15, -0.1) is 0 Å². The first-order chi connectivity index (χ1) is 15.0. The predicted octanol–water partition coefficient (Wildman–Crippen LogP) is 7.72. The quantitative estimate of drug-likeness (QED) is 0.229. The number of hydrogen-bond donors (Lipinski definition) is 2. The Morgan fingerprint density at radius 1 is 0.606 bits per heavy atom. The first-order valence-electron chi connectivity index (χ1n) is 10.3. The molecule has 0 atom stereocenters. The second-order valence-corrected chi connectivity index (χ2v) is 7.61. The Morgan fingerprint density at radius 2 is 0.939 bits per heavy atom. The van der Waals surface area contributed by atoms with Crippen LogP contribution in [0.2, 0.25) is 0 Å². The minimum Gasteiger partial charge on any atom is -0.508 e. The summed E-state index contributed by atoms with van der Waals surface area (Å²) in [6.45, 7) is 12.9. The molecule has 2 N–H and O–H groups in total. The topological polar surface area (TPSA) is 40.5 Å². The number of aromatic hydroxyl groups is 2. The Bertz CT molecular complexity index is 936. The van der Waals surface area contributed by atoms with Gasteiger partial charge in [-0.2, -0.15) is 45.5 Å². The van der Waals surface area contributed by atoms with E-state index in [9.17, 15) is 8.78 Å². The monoisotopic (exact) mass is 528 g/mol. The molecular formula is C28H32F2O2Zr. The number of phenols is 2. The molecule has 0 aliphatic heterocycles. The molecule has 0 bridgehead atoms. The van der Waals surface area contributed by atoms with Crippen molar-refractivity contribution in [3.8, 4) is 11.5 Å². The third kappa shape index (κ3) is 11.8. The van der Waals surface area contributed by atoms with Crippen molar-refractivity contribution in [3.63, 3.8) is 0 Å². The van der Waals surface area contributed by atoms with Crippen LogP contribution >= 0.6 is 0 Å². The van der Waals surface area contributed by atoms with Gasteiger partial charge >= 0.3 is 26.2 Å². The third-order valence-electron chi connectivity index (χ3n) is 5.15. The van der Waals surface area contributed by atoms with E-state index in [2.05, 4.69) is 65.8 Å². The van der Waals surface area contributed by atoms with Gasteiger partial charge in [-0.25, -0.2) is 20.9 Å². The Hall–Kier alpha value is -2.52. The molecule has 174 valence electrons. The van der Waals surface area contributed by atoms with Crippen LogP contribution in [0.1, 0.15) is 33.4 Å². The molecule has 0 amide bonds. The summed E-state index contributed by atoms with van der Waals surface area (Å²) in [7, 11) is 0. The molecule has 0 radical (unpaired) electrons. The van der Waals surface area contributed by atoms with Crippen LogP contribution in [0.4, 0.5) is 8.78 Å². The van der Waals surface area contributed by atoms with Crippen molar-refractivity contribution in [3.05, 3.63) is 118 Å². The van der Waals surface area contributed by atoms with Crippen LogP contribution in [-0.4, -0.2) is 10.2 Å². The van der Waals surface area contributed by atoms with E-state index in [0.717, 1.165) is 12.1 Å². The molecule has 0 heterocycles. The zero-order chi connectivity index (χ0) is 24.3. The van der Waals surface area contributed by atoms with Crippen LogP contribution in [0.15, 0.2) is 72.8 Å². The maximum absolute atomic E-state index is 12.0. The van der Waals surface area contributed by atoms with E-state index in [0.29, 0.717) is 0 Å². The zero-order valence-electron chi connectivity index (χ0n) is 20.1. The molecule has 5 heteroatoms. The Labute approximate surface area is 215 Å². The molecule has 0 aromatic heterocycles. The largest absolute Gasteiger partial charge is 2.00 e. The number of rotatable bonds is 0. The molecule has 2 nitrogen and oxygen atoms in total. The fourth-order valence-corrected chi connectivity index (χ4v) is 2.57. The van der Waals surface area contributed by atoms with Gasteiger partial charge < -0.3 is 10.2 Å². The van der Waals surface area contributed by atoms with E-state index in [4.69, 9.17) is 10.2 Å². The number of benzene rings is 2. The van der Waals surface area contributed by atoms with Gasteiger partial charge in [-0.3, -0.25) is 0 Å². The molecule has 33 heavy (non-hydrogen) atoms. The van der Waals surface area contributed by atoms with Gasteiger partial charge in [0.05, 0.1) is 0 Å². The van der Waals surface area contributed by atoms with E-state index in [1.165, 1.54) is 69.8 Å². The van der Waals surface area contributed by atoms with Crippen LogP contribution in [0.25, 0.3) is 0 Å². The molecular weight excluding hydrogens is 498 g/mol. The zero-order valence-corrected chi connectivity index (χ0v) is 22.5. The molecule has 0 aliphatic carbocycles. The molecule has 4 aromatic carbocycles. The SMILES string of the molecule is Cc1cc[c-](C)c1C.Cc1cc[c-](C)c1C.Oc1cccc(F)c1.Oc1cccc(F)c1.[Zr+2]. The van der Waals surface area contributed by atoms with Crippen LogP contribution in [0.5, 0.6) is 11.5 Å². The minimum absolute atomic E-state index is 0. The van der Waals surface area contributed by atoms with Gasteiger partial charge in [0.15, 0.2) is 0 Å². The van der Waals surface area contributed by atoms with Crippen molar-refractivity contribution in [2.24, 2.45) is 0 Å². The van der Waals surface area contributed by atoms with E-state index in [1.807, 2.05) is 0 Å². The van der Waals surface area contributed by atoms with Crippen LogP contribution in [0.3, 0.4) is 0 Å². The normalized spacial score (nSPS) is 9.21. The Balaban J connectivity index is 0.000000410. The minimum atomic E-state index is -0.412. The number of phenolic OH excluding ortho intramolecular Hbond substituents is 2. The molecule has 0 fully saturated rings. The maximum Gasteiger partial charge on any atom is 2.00 e. The van der Waals surface area contributed by atoms with Crippen molar-refractivity contribution < 1.29 is 45.2 Å². The summed E-state index contributed by atoms with van der Waals surface area (Å²) in [5, 5.41) is 17.1. The number of hydrogen-bond acceptors (Lipinski definition) is 2. The molecule has 0 saturated heterocycles. The average Bonchev–Trinajstić information content (AvgIpc) is 3.19. The number of aryl methyl sites for hydroxylation is 4. The Kier molecular flexibility index (Phi) is 14.2. The van der Waals surface area contributed by atoms with E-state index in [1.54, 1.807) is 0 Å². The molecule has 0 spiro atoms. The fourth-order valence-electron chi connectivity index (χ4n) is 2.57. The summed E-state index contributed by atoms with van der Waals surface area (Å²) < 4.78 is 24.0. The maximum atomic E-state index is 12.0. The molecule has 0 saturated carbocycles. The molecule has 0 aliphatic rings. The van der Waals surface area contributed by atoms with Crippen LogP contribution in [-0.2, 0) is 26.2 Å². The van der Waals surface area contributed by atoms with Gasteiger partial charge in [-0.05, 0) is 24.3 Å². The molecule has 0 unspecified atom stereocenters. The standard InChI is InChI=1S/2C8H11.2C6H5FO.Zr/c2*1-6-4-5-7(2)8(6)3;2*7-5-2-1-3-6(8)4-5;/h2*4-5H,1-3H3;2*1-4,8H;/q2*-1;;;+2. The first kappa shape index (κ1) is 30.5. The van der Waals surface area contributed by atoms with Crippen LogP contribution < -0.4 is 0 Å². The second-order valence-electron chi connectivity index (χ2n) is 7.61. The van der Waals surface area contributed by atoms with Gasteiger partial charge in [-0.1, -0.05) is 53.7 Å². The second kappa shape index (κ2) is 15.3. The van der Waals surface area contributed by atoms with Gasteiger partial charge in [0.2, 0.25) is 0 Å². The molecule has 4 aromatic rings. The summed E-state index contributed by atoms with van der Waals surface area (Å²) in [6, 6.07) is 19.0. The van der Waals surface area contributed by atoms with Crippen LogP contribution in [0, 0.1) is 53.2 Å². The third-order valence-corrected chi connectivity index (χ3v) is 5.15. The summed E-state index contributed by atoms with van der Waals surface area (Å²) in [5.41, 5.74) is 8.49. The van der Waals surface area contributed by atoms with Crippen molar-refractivity contribution in [1.29, 1.82) is 0 Å². The van der Waals surface area contributed by atoms with E-state index < -0.39 is 11.6 Å².